The summed E-state index contributed by atoms with van der Waals surface area (Å²) >= 11 is 6.14. The first-order valence-electron chi connectivity index (χ1n) is 6.91. The lowest BCUT2D eigenvalue weighted by atomic mass is 10.1. The minimum absolute atomic E-state index is 0.337. The third kappa shape index (κ3) is 3.79. The molecular weight excluding hydrogens is 288 g/mol. The van der Waals surface area contributed by atoms with E-state index in [2.05, 4.69) is 9.97 Å². The second-order valence-corrected chi connectivity index (χ2v) is 4.90. The number of hydrogen-bond acceptors (Lipinski definition) is 4. The number of aromatic nitrogens is 2. The van der Waals surface area contributed by atoms with Gasteiger partial charge < -0.3 is 4.74 Å². The Hall–Kier alpha value is -1.94. The van der Waals surface area contributed by atoms with Gasteiger partial charge in [0.25, 0.3) is 0 Å². The summed E-state index contributed by atoms with van der Waals surface area (Å²) in [7, 11) is 0. The number of nitrogens with zero attached hydrogens (tertiary/aromatic N) is 2. The summed E-state index contributed by atoms with van der Waals surface area (Å²) in [5.41, 5.74) is 2.10. The molecule has 0 aliphatic rings. The first-order valence-corrected chi connectivity index (χ1v) is 7.28. The van der Waals surface area contributed by atoms with Crippen LogP contribution in [-0.2, 0) is 17.6 Å². The number of aryl methyl sites for hydroxylation is 1. The fourth-order valence-electron chi connectivity index (χ4n) is 2.00. The SMILES string of the molecule is CCOC(=O)c1cnc(Cc2ccccc2Cl)nc1CC. The van der Waals surface area contributed by atoms with Crippen molar-refractivity contribution in [2.24, 2.45) is 0 Å². The Morgan fingerprint density at radius 2 is 2.05 bits per heavy atom. The van der Waals surface area contributed by atoms with Gasteiger partial charge in [0.05, 0.1) is 17.9 Å². The Balaban J connectivity index is 2.27. The summed E-state index contributed by atoms with van der Waals surface area (Å²) in [5.74, 6) is 0.270. The van der Waals surface area contributed by atoms with Crippen molar-refractivity contribution >= 4 is 17.6 Å². The van der Waals surface area contributed by atoms with Crippen molar-refractivity contribution in [1.82, 2.24) is 9.97 Å². The molecule has 0 bridgehead atoms. The molecule has 1 heterocycles. The molecule has 2 aromatic rings. The number of carbonyl (C=O) groups excluding carboxylic acids is 1. The van der Waals surface area contributed by atoms with Gasteiger partial charge in [-0.15, -0.1) is 0 Å². The van der Waals surface area contributed by atoms with Gasteiger partial charge in [-0.25, -0.2) is 14.8 Å². The second-order valence-electron chi connectivity index (χ2n) is 4.49. The maximum Gasteiger partial charge on any atom is 0.341 e. The van der Waals surface area contributed by atoms with Gasteiger partial charge in [0.1, 0.15) is 5.82 Å². The van der Waals surface area contributed by atoms with E-state index in [0.717, 1.165) is 5.56 Å². The minimum atomic E-state index is -0.376. The summed E-state index contributed by atoms with van der Waals surface area (Å²) in [6.07, 6.45) is 2.72. The van der Waals surface area contributed by atoms with Gasteiger partial charge >= 0.3 is 5.97 Å². The van der Waals surface area contributed by atoms with Crippen LogP contribution in [0.2, 0.25) is 5.02 Å². The smallest absolute Gasteiger partial charge is 0.341 e. The largest absolute Gasteiger partial charge is 0.462 e. The summed E-state index contributed by atoms with van der Waals surface area (Å²) in [6.45, 7) is 4.06. The number of hydrogen-bond donors (Lipinski definition) is 0. The third-order valence-corrected chi connectivity index (χ3v) is 3.42. The van der Waals surface area contributed by atoms with Gasteiger partial charge in [-0.2, -0.15) is 0 Å². The van der Waals surface area contributed by atoms with E-state index >= 15 is 0 Å². The van der Waals surface area contributed by atoms with Crippen molar-refractivity contribution in [3.63, 3.8) is 0 Å². The minimum Gasteiger partial charge on any atom is -0.462 e. The Morgan fingerprint density at radius 3 is 2.71 bits per heavy atom. The fraction of sp³-hybridized carbons (Fsp3) is 0.312. The topological polar surface area (TPSA) is 52.1 Å². The molecular formula is C16H17ClN2O2. The van der Waals surface area contributed by atoms with Gasteiger partial charge in [-0.1, -0.05) is 36.7 Å². The average molecular weight is 305 g/mol. The van der Waals surface area contributed by atoms with E-state index in [1.807, 2.05) is 31.2 Å². The normalized spacial score (nSPS) is 10.4. The molecule has 0 radical (unpaired) electrons. The van der Waals surface area contributed by atoms with Crippen LogP contribution in [0.4, 0.5) is 0 Å². The zero-order chi connectivity index (χ0) is 15.2. The third-order valence-electron chi connectivity index (χ3n) is 3.05. The first-order chi connectivity index (χ1) is 10.2. The lowest BCUT2D eigenvalue weighted by molar-refractivity contribution is 0.0524. The highest BCUT2D eigenvalue weighted by molar-refractivity contribution is 6.31. The molecule has 0 aliphatic heterocycles. The van der Waals surface area contributed by atoms with Crippen molar-refractivity contribution < 1.29 is 9.53 Å². The Kier molecular flexibility index (Phi) is 5.28. The summed E-state index contributed by atoms with van der Waals surface area (Å²) in [6, 6.07) is 7.59. The number of halogens is 1. The highest BCUT2D eigenvalue weighted by Gasteiger charge is 2.15. The van der Waals surface area contributed by atoms with Crippen LogP contribution >= 0.6 is 11.6 Å². The van der Waals surface area contributed by atoms with Crippen LogP contribution in [-0.4, -0.2) is 22.5 Å². The number of ether oxygens (including phenoxy) is 1. The van der Waals surface area contributed by atoms with Gasteiger partial charge in [-0.3, -0.25) is 0 Å². The molecule has 0 saturated carbocycles. The van der Waals surface area contributed by atoms with E-state index in [1.54, 1.807) is 6.92 Å². The molecule has 110 valence electrons. The van der Waals surface area contributed by atoms with Crippen LogP contribution in [0, 0.1) is 0 Å². The monoisotopic (exact) mass is 304 g/mol. The van der Waals surface area contributed by atoms with Crippen molar-refractivity contribution in [1.29, 1.82) is 0 Å². The van der Waals surface area contributed by atoms with E-state index in [-0.39, 0.29) is 5.97 Å². The summed E-state index contributed by atoms with van der Waals surface area (Å²) in [4.78, 5) is 20.5. The summed E-state index contributed by atoms with van der Waals surface area (Å²) < 4.78 is 5.01. The Labute approximate surface area is 129 Å². The molecule has 0 spiro atoms. The van der Waals surface area contributed by atoms with Crippen LogP contribution in [0.5, 0.6) is 0 Å². The van der Waals surface area contributed by atoms with Gasteiger partial charge in [0.15, 0.2) is 0 Å². The van der Waals surface area contributed by atoms with Crippen LogP contribution in [0.25, 0.3) is 0 Å². The van der Waals surface area contributed by atoms with Gasteiger partial charge in [0.2, 0.25) is 0 Å². The van der Waals surface area contributed by atoms with Crippen LogP contribution in [0.1, 0.15) is 41.3 Å². The van der Waals surface area contributed by atoms with Crippen molar-refractivity contribution in [2.45, 2.75) is 26.7 Å². The molecule has 0 fully saturated rings. The zero-order valence-electron chi connectivity index (χ0n) is 12.1. The standard InChI is InChI=1S/C16H17ClN2O2/c1-3-14-12(16(20)21-4-2)10-18-15(19-14)9-11-7-5-6-8-13(11)17/h5-8,10H,3-4,9H2,1-2H3. The maximum atomic E-state index is 11.8. The fourth-order valence-corrected chi connectivity index (χ4v) is 2.21. The lowest BCUT2D eigenvalue weighted by Gasteiger charge is -2.09. The number of benzene rings is 1. The quantitative estimate of drug-likeness (QED) is 0.794. The van der Waals surface area contributed by atoms with Crippen LogP contribution in [0.15, 0.2) is 30.5 Å². The molecule has 0 N–H and O–H groups in total. The Morgan fingerprint density at radius 1 is 1.29 bits per heavy atom. The molecule has 0 aliphatic carbocycles. The molecule has 5 heteroatoms. The molecule has 1 aromatic heterocycles. The zero-order valence-corrected chi connectivity index (χ0v) is 12.9. The molecule has 1 aromatic carbocycles. The van der Waals surface area contributed by atoms with E-state index in [0.29, 0.717) is 41.6 Å². The molecule has 2 rings (SSSR count). The molecule has 0 amide bonds. The van der Waals surface area contributed by atoms with Gasteiger partial charge in [0, 0.05) is 17.6 Å². The van der Waals surface area contributed by atoms with Crippen LogP contribution in [0.3, 0.4) is 0 Å². The predicted octanol–water partition coefficient (Wildman–Crippen LogP) is 3.46. The van der Waals surface area contributed by atoms with Crippen molar-refractivity contribution in [3.8, 4) is 0 Å². The van der Waals surface area contributed by atoms with E-state index in [4.69, 9.17) is 16.3 Å². The molecule has 4 nitrogen and oxygen atoms in total. The number of rotatable bonds is 5. The maximum absolute atomic E-state index is 11.8. The number of carbonyl (C=O) groups is 1. The average Bonchev–Trinajstić information content (AvgIpc) is 2.49. The van der Waals surface area contributed by atoms with Crippen LogP contribution < -0.4 is 0 Å². The second kappa shape index (κ2) is 7.18. The molecule has 0 atom stereocenters. The first kappa shape index (κ1) is 15.4. The van der Waals surface area contributed by atoms with Crippen molar-refractivity contribution in [3.05, 3.63) is 58.1 Å². The molecule has 21 heavy (non-hydrogen) atoms. The molecule has 0 saturated heterocycles. The highest BCUT2D eigenvalue weighted by atomic mass is 35.5. The lowest BCUT2D eigenvalue weighted by Crippen LogP contribution is -2.12. The molecule has 0 unspecified atom stereocenters. The summed E-state index contributed by atoms with van der Waals surface area (Å²) in [5, 5.41) is 0.689. The Bertz CT molecular complexity index is 644. The van der Waals surface area contributed by atoms with E-state index in [1.165, 1.54) is 6.20 Å². The van der Waals surface area contributed by atoms with E-state index in [9.17, 15) is 4.79 Å². The van der Waals surface area contributed by atoms with Crippen molar-refractivity contribution in [2.75, 3.05) is 6.61 Å². The number of esters is 1. The van der Waals surface area contributed by atoms with E-state index < -0.39 is 0 Å². The predicted molar refractivity (Wildman–Crippen MR) is 81.6 cm³/mol. The highest BCUT2D eigenvalue weighted by Crippen LogP contribution is 2.18. The van der Waals surface area contributed by atoms with Gasteiger partial charge in [-0.05, 0) is 25.0 Å².